The highest BCUT2D eigenvalue weighted by atomic mass is 16.5. The second-order valence-corrected chi connectivity index (χ2v) is 5.37. The summed E-state index contributed by atoms with van der Waals surface area (Å²) in [6.07, 6.45) is 6.53. The monoisotopic (exact) mass is 246 g/mol. The molecule has 0 spiro atoms. The number of ketones is 1. The molecule has 0 N–H and O–H groups in total. The fourth-order valence-corrected chi connectivity index (χ4v) is 2.61. The van der Waals surface area contributed by atoms with Gasteiger partial charge in [0.05, 0.1) is 12.2 Å². The van der Waals surface area contributed by atoms with Crippen molar-refractivity contribution in [2.75, 3.05) is 6.61 Å². The highest BCUT2D eigenvalue weighted by Gasteiger charge is 2.15. The van der Waals surface area contributed by atoms with Crippen molar-refractivity contribution in [1.82, 2.24) is 0 Å². The molecule has 18 heavy (non-hydrogen) atoms. The number of ether oxygens (including phenoxy) is 1. The van der Waals surface area contributed by atoms with Crippen molar-refractivity contribution in [3.8, 4) is 5.75 Å². The van der Waals surface area contributed by atoms with Crippen LogP contribution in [0.1, 0.15) is 54.9 Å². The number of aryl methyl sites for hydroxylation is 1. The first-order valence-corrected chi connectivity index (χ1v) is 6.91. The van der Waals surface area contributed by atoms with Gasteiger partial charge in [-0.15, -0.1) is 0 Å². The van der Waals surface area contributed by atoms with Crippen LogP contribution in [0.5, 0.6) is 5.75 Å². The molecule has 2 heteroatoms. The van der Waals surface area contributed by atoms with Gasteiger partial charge in [0.2, 0.25) is 0 Å². The van der Waals surface area contributed by atoms with Gasteiger partial charge >= 0.3 is 0 Å². The van der Waals surface area contributed by atoms with Gasteiger partial charge in [0, 0.05) is 0 Å². The molecule has 0 saturated heterocycles. The van der Waals surface area contributed by atoms with Gasteiger partial charge in [0.1, 0.15) is 5.75 Å². The molecule has 98 valence electrons. The molecule has 1 aliphatic rings. The minimum absolute atomic E-state index is 0.0809. The maximum Gasteiger partial charge on any atom is 0.163 e. The van der Waals surface area contributed by atoms with Crippen LogP contribution in [0.2, 0.25) is 0 Å². The molecule has 0 amide bonds. The number of carbonyl (C=O) groups is 1. The molecule has 1 fully saturated rings. The lowest BCUT2D eigenvalue weighted by Crippen LogP contribution is -2.16. The summed E-state index contributed by atoms with van der Waals surface area (Å²) in [5.74, 6) is 1.50. The number of carbonyl (C=O) groups excluding carboxylic acids is 1. The topological polar surface area (TPSA) is 26.3 Å². The predicted octanol–water partition coefficient (Wildman–Crippen LogP) is 4.16. The lowest BCUT2D eigenvalue weighted by Gasteiger charge is -2.22. The molecule has 1 aromatic carbocycles. The SMILES string of the molecule is CC(=O)c1cc(C)ccc1OCC1CCCCC1. The molecule has 0 heterocycles. The van der Waals surface area contributed by atoms with Gasteiger partial charge in [-0.3, -0.25) is 4.79 Å². The zero-order valence-corrected chi connectivity index (χ0v) is 11.4. The van der Waals surface area contributed by atoms with E-state index in [1.807, 2.05) is 25.1 Å². The Bertz CT molecular complexity index is 417. The molecule has 0 atom stereocenters. The summed E-state index contributed by atoms with van der Waals surface area (Å²) in [5, 5.41) is 0. The van der Waals surface area contributed by atoms with Crippen molar-refractivity contribution >= 4 is 5.78 Å². The average Bonchev–Trinajstić information content (AvgIpc) is 2.38. The van der Waals surface area contributed by atoms with E-state index in [2.05, 4.69) is 0 Å². The van der Waals surface area contributed by atoms with Gasteiger partial charge < -0.3 is 4.74 Å². The molecule has 2 nitrogen and oxygen atoms in total. The first kappa shape index (κ1) is 13.1. The Balaban J connectivity index is 2.01. The summed E-state index contributed by atoms with van der Waals surface area (Å²) < 4.78 is 5.87. The average molecular weight is 246 g/mol. The van der Waals surface area contributed by atoms with Crippen LogP contribution in [0.15, 0.2) is 18.2 Å². The van der Waals surface area contributed by atoms with E-state index in [4.69, 9.17) is 4.74 Å². The zero-order chi connectivity index (χ0) is 13.0. The summed E-state index contributed by atoms with van der Waals surface area (Å²) >= 11 is 0. The van der Waals surface area contributed by atoms with Gasteiger partial charge in [-0.25, -0.2) is 0 Å². The number of benzene rings is 1. The highest BCUT2D eigenvalue weighted by molar-refractivity contribution is 5.97. The fourth-order valence-electron chi connectivity index (χ4n) is 2.61. The van der Waals surface area contributed by atoms with Crippen molar-refractivity contribution in [1.29, 1.82) is 0 Å². The second kappa shape index (κ2) is 6.03. The predicted molar refractivity (Wildman–Crippen MR) is 73.3 cm³/mol. The Labute approximate surface area is 109 Å². The van der Waals surface area contributed by atoms with Crippen LogP contribution in [0.3, 0.4) is 0 Å². The van der Waals surface area contributed by atoms with Crippen molar-refractivity contribution < 1.29 is 9.53 Å². The molecule has 2 rings (SSSR count). The Morgan fingerprint density at radius 1 is 1.28 bits per heavy atom. The van der Waals surface area contributed by atoms with Crippen molar-refractivity contribution in [3.63, 3.8) is 0 Å². The second-order valence-electron chi connectivity index (χ2n) is 5.37. The maximum absolute atomic E-state index is 11.6. The standard InChI is InChI=1S/C16H22O2/c1-12-8-9-16(15(10-12)13(2)17)18-11-14-6-4-3-5-7-14/h8-10,14H,3-7,11H2,1-2H3. The number of hydrogen-bond donors (Lipinski definition) is 0. The molecule has 0 radical (unpaired) electrons. The first-order valence-electron chi connectivity index (χ1n) is 6.91. The van der Waals surface area contributed by atoms with Gasteiger partial charge in [-0.2, -0.15) is 0 Å². The lowest BCUT2D eigenvalue weighted by atomic mass is 9.90. The fraction of sp³-hybridized carbons (Fsp3) is 0.562. The minimum Gasteiger partial charge on any atom is -0.493 e. The first-order chi connectivity index (χ1) is 8.66. The van der Waals surface area contributed by atoms with Crippen LogP contribution in [0, 0.1) is 12.8 Å². The van der Waals surface area contributed by atoms with Crippen molar-refractivity contribution in [3.05, 3.63) is 29.3 Å². The van der Waals surface area contributed by atoms with Gasteiger partial charge in [0.15, 0.2) is 5.78 Å². The van der Waals surface area contributed by atoms with E-state index in [9.17, 15) is 4.79 Å². The van der Waals surface area contributed by atoms with E-state index in [0.29, 0.717) is 11.5 Å². The Hall–Kier alpha value is -1.31. The van der Waals surface area contributed by atoms with E-state index in [1.165, 1.54) is 32.1 Å². The van der Waals surface area contributed by atoms with Crippen LogP contribution >= 0.6 is 0 Å². The van der Waals surface area contributed by atoms with Crippen LogP contribution in [0.25, 0.3) is 0 Å². The van der Waals surface area contributed by atoms with Gasteiger partial charge in [0.25, 0.3) is 0 Å². The number of hydrogen-bond acceptors (Lipinski definition) is 2. The maximum atomic E-state index is 11.6. The molecular weight excluding hydrogens is 224 g/mol. The molecule has 1 aliphatic carbocycles. The lowest BCUT2D eigenvalue weighted by molar-refractivity contribution is 0.101. The summed E-state index contributed by atoms with van der Waals surface area (Å²) in [7, 11) is 0. The molecule has 0 unspecified atom stereocenters. The van der Waals surface area contributed by atoms with E-state index in [1.54, 1.807) is 6.92 Å². The van der Waals surface area contributed by atoms with Crippen LogP contribution < -0.4 is 4.74 Å². The third-order valence-corrected chi connectivity index (χ3v) is 3.71. The molecule has 0 aliphatic heterocycles. The normalized spacial score (nSPS) is 16.6. The number of Topliss-reactive ketones (excluding diaryl/α,β-unsaturated/α-hetero) is 1. The van der Waals surface area contributed by atoms with E-state index in [0.717, 1.165) is 17.9 Å². The summed E-state index contributed by atoms with van der Waals surface area (Å²) in [5.41, 5.74) is 1.82. The van der Waals surface area contributed by atoms with Crippen LogP contribution in [-0.4, -0.2) is 12.4 Å². The summed E-state index contributed by atoms with van der Waals surface area (Å²) in [6.45, 7) is 4.35. The Morgan fingerprint density at radius 2 is 2.00 bits per heavy atom. The van der Waals surface area contributed by atoms with Crippen LogP contribution in [-0.2, 0) is 0 Å². The van der Waals surface area contributed by atoms with E-state index < -0.39 is 0 Å². The quantitative estimate of drug-likeness (QED) is 0.746. The van der Waals surface area contributed by atoms with Crippen molar-refractivity contribution in [2.24, 2.45) is 5.92 Å². The van der Waals surface area contributed by atoms with E-state index in [-0.39, 0.29) is 5.78 Å². The third kappa shape index (κ3) is 3.34. The molecule has 1 saturated carbocycles. The smallest absolute Gasteiger partial charge is 0.163 e. The Morgan fingerprint density at radius 3 is 2.67 bits per heavy atom. The van der Waals surface area contributed by atoms with Crippen LogP contribution in [0.4, 0.5) is 0 Å². The van der Waals surface area contributed by atoms with E-state index >= 15 is 0 Å². The molecule has 1 aromatic rings. The number of rotatable bonds is 4. The Kier molecular flexibility index (Phi) is 4.40. The van der Waals surface area contributed by atoms with Gasteiger partial charge in [-0.05, 0) is 44.7 Å². The van der Waals surface area contributed by atoms with Crippen molar-refractivity contribution in [2.45, 2.75) is 46.0 Å². The highest BCUT2D eigenvalue weighted by Crippen LogP contribution is 2.26. The molecule has 0 aromatic heterocycles. The molecule has 0 bridgehead atoms. The molecular formula is C16H22O2. The largest absolute Gasteiger partial charge is 0.493 e. The third-order valence-electron chi connectivity index (χ3n) is 3.71. The summed E-state index contributed by atoms with van der Waals surface area (Å²) in [4.78, 5) is 11.6. The summed E-state index contributed by atoms with van der Waals surface area (Å²) in [6, 6.07) is 5.84. The van der Waals surface area contributed by atoms with Gasteiger partial charge in [-0.1, -0.05) is 30.9 Å². The minimum atomic E-state index is 0.0809. The zero-order valence-electron chi connectivity index (χ0n) is 11.4.